The van der Waals surface area contributed by atoms with Gasteiger partial charge in [0.15, 0.2) is 5.13 Å². The molecule has 0 amide bonds. The third-order valence-electron chi connectivity index (χ3n) is 3.45. The van der Waals surface area contributed by atoms with Crippen molar-refractivity contribution in [2.24, 2.45) is 0 Å². The van der Waals surface area contributed by atoms with Crippen molar-refractivity contribution in [3.05, 3.63) is 41.2 Å². The number of anilines is 1. The molecular weight excluding hydrogens is 280 g/mol. The van der Waals surface area contributed by atoms with Crippen LogP contribution in [0.25, 0.3) is 0 Å². The van der Waals surface area contributed by atoms with Gasteiger partial charge < -0.3 is 10.2 Å². The Labute approximate surface area is 131 Å². The van der Waals surface area contributed by atoms with Crippen molar-refractivity contribution in [3.63, 3.8) is 0 Å². The highest BCUT2D eigenvalue weighted by Crippen LogP contribution is 2.26. The Morgan fingerprint density at radius 1 is 1.33 bits per heavy atom. The SMILES string of the molecule is CCCNC(C)c1cnc(N(C)CCc2ccncc2)s1. The van der Waals surface area contributed by atoms with E-state index in [2.05, 4.69) is 53.2 Å². The van der Waals surface area contributed by atoms with E-state index in [1.54, 1.807) is 11.3 Å². The van der Waals surface area contributed by atoms with Crippen LogP contribution in [0.2, 0.25) is 0 Å². The lowest BCUT2D eigenvalue weighted by molar-refractivity contribution is 0.577. The van der Waals surface area contributed by atoms with Gasteiger partial charge in [-0.1, -0.05) is 6.92 Å². The number of aromatic nitrogens is 2. The summed E-state index contributed by atoms with van der Waals surface area (Å²) >= 11 is 1.77. The van der Waals surface area contributed by atoms with E-state index in [4.69, 9.17) is 0 Å². The standard InChI is InChI=1S/C16H24N4S/c1-4-8-18-13(2)15-12-19-16(21-15)20(3)11-7-14-5-9-17-10-6-14/h5-6,9-10,12-13,18H,4,7-8,11H2,1-3H3. The van der Waals surface area contributed by atoms with Crippen LogP contribution in [0.3, 0.4) is 0 Å². The van der Waals surface area contributed by atoms with Crippen molar-refractivity contribution in [3.8, 4) is 0 Å². The van der Waals surface area contributed by atoms with E-state index in [1.807, 2.05) is 18.6 Å². The van der Waals surface area contributed by atoms with Crippen LogP contribution in [0.15, 0.2) is 30.7 Å². The van der Waals surface area contributed by atoms with Gasteiger partial charge in [-0.15, -0.1) is 11.3 Å². The third-order valence-corrected chi connectivity index (χ3v) is 4.74. The van der Waals surface area contributed by atoms with Crippen LogP contribution in [-0.4, -0.2) is 30.1 Å². The summed E-state index contributed by atoms with van der Waals surface area (Å²) in [5.41, 5.74) is 1.31. The number of hydrogen-bond acceptors (Lipinski definition) is 5. The summed E-state index contributed by atoms with van der Waals surface area (Å²) in [6, 6.07) is 4.51. The maximum absolute atomic E-state index is 4.55. The van der Waals surface area contributed by atoms with Gasteiger partial charge in [-0.05, 0) is 44.0 Å². The number of pyridine rings is 1. The molecule has 2 rings (SSSR count). The highest BCUT2D eigenvalue weighted by Gasteiger charge is 2.11. The van der Waals surface area contributed by atoms with Gasteiger partial charge in [0.25, 0.3) is 0 Å². The van der Waals surface area contributed by atoms with Crippen LogP contribution in [0.1, 0.15) is 36.8 Å². The van der Waals surface area contributed by atoms with Gasteiger partial charge in [0.05, 0.1) is 0 Å². The Balaban J connectivity index is 1.88. The summed E-state index contributed by atoms with van der Waals surface area (Å²) < 4.78 is 0. The van der Waals surface area contributed by atoms with Gasteiger partial charge in [0.1, 0.15) is 0 Å². The van der Waals surface area contributed by atoms with Gasteiger partial charge in [-0.2, -0.15) is 0 Å². The topological polar surface area (TPSA) is 41.1 Å². The predicted molar refractivity (Wildman–Crippen MR) is 90.0 cm³/mol. The first kappa shape index (κ1) is 15.9. The molecule has 114 valence electrons. The Bertz CT molecular complexity index is 526. The fourth-order valence-corrected chi connectivity index (χ4v) is 2.99. The largest absolute Gasteiger partial charge is 0.351 e. The molecule has 0 aliphatic carbocycles. The second kappa shape index (κ2) is 8.10. The number of rotatable bonds is 8. The molecule has 21 heavy (non-hydrogen) atoms. The second-order valence-electron chi connectivity index (χ2n) is 5.25. The Kier molecular flexibility index (Phi) is 6.14. The Morgan fingerprint density at radius 3 is 2.81 bits per heavy atom. The number of nitrogens with one attached hydrogen (secondary N) is 1. The lowest BCUT2D eigenvalue weighted by Gasteiger charge is -2.15. The van der Waals surface area contributed by atoms with Crippen LogP contribution in [0, 0.1) is 0 Å². The van der Waals surface area contributed by atoms with Crippen LogP contribution >= 0.6 is 11.3 Å². The van der Waals surface area contributed by atoms with Crippen LogP contribution in [0.4, 0.5) is 5.13 Å². The smallest absolute Gasteiger partial charge is 0.185 e. The van der Waals surface area contributed by atoms with Crippen LogP contribution < -0.4 is 10.2 Å². The minimum absolute atomic E-state index is 0.379. The zero-order chi connectivity index (χ0) is 15.1. The molecular formula is C16H24N4S. The molecule has 0 fully saturated rings. The quantitative estimate of drug-likeness (QED) is 0.812. The summed E-state index contributed by atoms with van der Waals surface area (Å²) in [6.07, 6.45) is 7.85. The zero-order valence-electron chi connectivity index (χ0n) is 13.0. The van der Waals surface area contributed by atoms with Crippen molar-refractivity contribution < 1.29 is 0 Å². The van der Waals surface area contributed by atoms with E-state index >= 15 is 0 Å². The molecule has 1 atom stereocenters. The van der Waals surface area contributed by atoms with E-state index in [0.717, 1.165) is 31.1 Å². The van der Waals surface area contributed by atoms with Gasteiger partial charge in [0, 0.05) is 43.1 Å². The molecule has 0 saturated heterocycles. The van der Waals surface area contributed by atoms with Gasteiger partial charge >= 0.3 is 0 Å². The zero-order valence-corrected chi connectivity index (χ0v) is 13.9. The summed E-state index contributed by atoms with van der Waals surface area (Å²) in [5, 5.41) is 4.59. The maximum Gasteiger partial charge on any atom is 0.185 e. The lowest BCUT2D eigenvalue weighted by atomic mass is 10.2. The summed E-state index contributed by atoms with van der Waals surface area (Å²) in [6.45, 7) is 6.40. The highest BCUT2D eigenvalue weighted by molar-refractivity contribution is 7.15. The van der Waals surface area contributed by atoms with Crippen LogP contribution in [0.5, 0.6) is 0 Å². The van der Waals surface area contributed by atoms with Crippen molar-refractivity contribution in [2.45, 2.75) is 32.7 Å². The van der Waals surface area contributed by atoms with Gasteiger partial charge in [-0.3, -0.25) is 4.98 Å². The fourth-order valence-electron chi connectivity index (χ4n) is 2.06. The summed E-state index contributed by atoms with van der Waals surface area (Å²) in [7, 11) is 2.11. The van der Waals surface area contributed by atoms with E-state index in [9.17, 15) is 0 Å². The van der Waals surface area contributed by atoms with E-state index in [1.165, 1.54) is 10.4 Å². The molecule has 0 aromatic carbocycles. The monoisotopic (exact) mass is 304 g/mol. The molecule has 4 nitrogen and oxygen atoms in total. The molecule has 0 bridgehead atoms. The first-order valence-corrected chi connectivity index (χ1v) is 8.31. The van der Waals surface area contributed by atoms with E-state index < -0.39 is 0 Å². The molecule has 2 aromatic rings. The van der Waals surface area contributed by atoms with Crippen molar-refractivity contribution >= 4 is 16.5 Å². The molecule has 5 heteroatoms. The molecule has 2 heterocycles. The average molecular weight is 304 g/mol. The fraction of sp³-hybridized carbons (Fsp3) is 0.500. The second-order valence-corrected chi connectivity index (χ2v) is 6.29. The number of hydrogen-bond donors (Lipinski definition) is 1. The minimum atomic E-state index is 0.379. The van der Waals surface area contributed by atoms with E-state index in [0.29, 0.717) is 6.04 Å². The molecule has 0 radical (unpaired) electrons. The molecule has 0 spiro atoms. The molecule has 1 unspecified atom stereocenters. The maximum atomic E-state index is 4.55. The molecule has 1 N–H and O–H groups in total. The molecule has 0 saturated carbocycles. The van der Waals surface area contributed by atoms with E-state index in [-0.39, 0.29) is 0 Å². The molecule has 0 aliphatic heterocycles. The highest BCUT2D eigenvalue weighted by atomic mass is 32.1. The lowest BCUT2D eigenvalue weighted by Crippen LogP contribution is -2.20. The predicted octanol–water partition coefficient (Wildman–Crippen LogP) is 3.28. The number of likely N-dealkylation sites (N-methyl/N-ethyl adjacent to an activating group) is 1. The summed E-state index contributed by atoms with van der Waals surface area (Å²) in [5.74, 6) is 0. The van der Waals surface area contributed by atoms with Crippen molar-refractivity contribution in [2.75, 3.05) is 25.0 Å². The van der Waals surface area contributed by atoms with Gasteiger partial charge in [0.2, 0.25) is 0 Å². The minimum Gasteiger partial charge on any atom is -0.351 e. The van der Waals surface area contributed by atoms with Crippen LogP contribution in [-0.2, 0) is 6.42 Å². The number of nitrogens with zero attached hydrogens (tertiary/aromatic N) is 3. The Hall–Kier alpha value is -1.46. The van der Waals surface area contributed by atoms with Crippen molar-refractivity contribution in [1.82, 2.24) is 15.3 Å². The first-order chi connectivity index (χ1) is 10.2. The average Bonchev–Trinajstić information content (AvgIpc) is 3.01. The third kappa shape index (κ3) is 4.79. The molecule has 2 aromatic heterocycles. The first-order valence-electron chi connectivity index (χ1n) is 7.50. The van der Waals surface area contributed by atoms with Crippen molar-refractivity contribution in [1.29, 1.82) is 0 Å². The number of thiazole rings is 1. The normalized spacial score (nSPS) is 12.3. The molecule has 0 aliphatic rings. The van der Waals surface area contributed by atoms with Gasteiger partial charge in [-0.25, -0.2) is 4.98 Å². The summed E-state index contributed by atoms with van der Waals surface area (Å²) in [4.78, 5) is 12.1. The Morgan fingerprint density at radius 2 is 2.10 bits per heavy atom.